The summed E-state index contributed by atoms with van der Waals surface area (Å²) in [5, 5.41) is 3.56. The fourth-order valence-corrected chi connectivity index (χ4v) is 3.24. The summed E-state index contributed by atoms with van der Waals surface area (Å²) in [6.45, 7) is 7.68. The minimum absolute atomic E-state index is 0.0867. The molecule has 18 heavy (non-hydrogen) atoms. The fraction of sp³-hybridized carbons (Fsp3) is 0.600. The molecule has 0 saturated heterocycles. The van der Waals surface area contributed by atoms with Crippen LogP contribution in [-0.4, -0.2) is 12.6 Å². The van der Waals surface area contributed by atoms with Crippen molar-refractivity contribution in [1.29, 1.82) is 0 Å². The Balaban J connectivity index is 2.12. The Morgan fingerprint density at radius 3 is 2.72 bits per heavy atom. The highest BCUT2D eigenvalue weighted by molar-refractivity contribution is 9.10. The van der Waals surface area contributed by atoms with Gasteiger partial charge in [0.15, 0.2) is 0 Å². The van der Waals surface area contributed by atoms with Gasteiger partial charge in [0.25, 0.3) is 0 Å². The molecule has 0 amide bonds. The van der Waals surface area contributed by atoms with Gasteiger partial charge in [0.2, 0.25) is 0 Å². The molecule has 1 saturated carbocycles. The van der Waals surface area contributed by atoms with Gasteiger partial charge in [-0.1, -0.05) is 42.8 Å². The number of nitrogens with one attached hydrogen (secondary N) is 1. The first-order valence-electron chi connectivity index (χ1n) is 6.65. The molecule has 1 fully saturated rings. The highest BCUT2D eigenvalue weighted by atomic mass is 79.9. The lowest BCUT2D eigenvalue weighted by Gasteiger charge is -2.53. The van der Waals surface area contributed by atoms with Crippen molar-refractivity contribution >= 4 is 15.9 Å². The summed E-state index contributed by atoms with van der Waals surface area (Å²) in [4.78, 5) is 0. The van der Waals surface area contributed by atoms with E-state index in [1.165, 1.54) is 0 Å². The molecule has 1 aromatic carbocycles. The fourth-order valence-electron chi connectivity index (χ4n) is 2.90. The van der Waals surface area contributed by atoms with Gasteiger partial charge in [-0.3, -0.25) is 0 Å². The van der Waals surface area contributed by atoms with Crippen LogP contribution in [0.25, 0.3) is 0 Å². The van der Waals surface area contributed by atoms with Crippen LogP contribution in [0.1, 0.15) is 45.1 Å². The predicted octanol–water partition coefficient (Wildman–Crippen LogP) is 4.47. The molecule has 2 unspecified atom stereocenters. The van der Waals surface area contributed by atoms with E-state index in [-0.39, 0.29) is 11.2 Å². The van der Waals surface area contributed by atoms with E-state index in [0.717, 1.165) is 29.4 Å². The average molecular weight is 314 g/mol. The van der Waals surface area contributed by atoms with Gasteiger partial charge in [0, 0.05) is 10.5 Å². The second kappa shape index (κ2) is 5.30. The molecule has 1 aliphatic carbocycles. The van der Waals surface area contributed by atoms with Crippen molar-refractivity contribution in [2.75, 3.05) is 6.54 Å². The van der Waals surface area contributed by atoms with Gasteiger partial charge < -0.3 is 5.32 Å². The Kier molecular flexibility index (Phi) is 4.12. The summed E-state index contributed by atoms with van der Waals surface area (Å²) < 4.78 is 14.8. The molecule has 1 N–H and O–H groups in total. The molecule has 1 nitrogen and oxygen atoms in total. The second-order valence-electron chi connectivity index (χ2n) is 5.78. The van der Waals surface area contributed by atoms with Crippen molar-refractivity contribution in [3.63, 3.8) is 0 Å². The van der Waals surface area contributed by atoms with Crippen LogP contribution in [0.2, 0.25) is 0 Å². The maximum absolute atomic E-state index is 14.0. The van der Waals surface area contributed by atoms with Crippen LogP contribution < -0.4 is 5.32 Å². The largest absolute Gasteiger partial charge is 0.313 e. The van der Waals surface area contributed by atoms with Gasteiger partial charge in [-0.15, -0.1) is 0 Å². The molecule has 1 aromatic rings. The van der Waals surface area contributed by atoms with Crippen LogP contribution in [0, 0.1) is 11.2 Å². The number of rotatable bonds is 4. The summed E-state index contributed by atoms with van der Waals surface area (Å²) in [5.74, 6) is 0.233. The molecule has 0 aromatic heterocycles. The van der Waals surface area contributed by atoms with Gasteiger partial charge in [-0.05, 0) is 48.4 Å². The first-order chi connectivity index (χ1) is 8.46. The van der Waals surface area contributed by atoms with E-state index in [2.05, 4.69) is 42.0 Å². The van der Waals surface area contributed by atoms with Crippen molar-refractivity contribution in [3.05, 3.63) is 34.1 Å². The average Bonchev–Trinajstić information content (AvgIpc) is 2.30. The van der Waals surface area contributed by atoms with E-state index in [0.29, 0.717) is 12.0 Å². The topological polar surface area (TPSA) is 12.0 Å². The minimum atomic E-state index is -0.0867. The summed E-state index contributed by atoms with van der Waals surface area (Å²) in [6, 6.07) is 5.92. The Hall–Kier alpha value is -0.410. The third-order valence-corrected chi connectivity index (χ3v) is 4.74. The normalized spacial score (nSPS) is 25.8. The van der Waals surface area contributed by atoms with Crippen LogP contribution in [0.4, 0.5) is 4.39 Å². The van der Waals surface area contributed by atoms with Gasteiger partial charge in [-0.25, -0.2) is 4.39 Å². The van der Waals surface area contributed by atoms with Gasteiger partial charge in [0.05, 0.1) is 0 Å². The van der Waals surface area contributed by atoms with Crippen LogP contribution in [0.3, 0.4) is 0 Å². The van der Waals surface area contributed by atoms with Gasteiger partial charge >= 0.3 is 0 Å². The molecule has 0 radical (unpaired) electrons. The third kappa shape index (κ3) is 2.48. The molecular weight excluding hydrogens is 293 g/mol. The Morgan fingerprint density at radius 1 is 1.44 bits per heavy atom. The molecular formula is C15H21BrFN. The summed E-state index contributed by atoms with van der Waals surface area (Å²) in [7, 11) is 0. The lowest BCUT2D eigenvalue weighted by atomic mass is 9.56. The summed E-state index contributed by atoms with van der Waals surface area (Å²) >= 11 is 3.31. The standard InChI is InChI=1S/C15H21BrFN/c1-4-7-18-14-9-12(15(14,2)3)11-6-5-10(16)8-13(11)17/h5-6,8,12,14,18H,4,7,9H2,1-3H3. The maximum atomic E-state index is 14.0. The van der Waals surface area contributed by atoms with Crippen molar-refractivity contribution in [2.45, 2.75) is 45.6 Å². The molecule has 1 aliphatic rings. The van der Waals surface area contributed by atoms with Crippen molar-refractivity contribution in [2.24, 2.45) is 5.41 Å². The molecule has 0 aliphatic heterocycles. The van der Waals surface area contributed by atoms with Crippen LogP contribution in [0.15, 0.2) is 22.7 Å². The van der Waals surface area contributed by atoms with Gasteiger partial charge in [-0.2, -0.15) is 0 Å². The number of benzene rings is 1. The summed E-state index contributed by atoms with van der Waals surface area (Å²) in [5.41, 5.74) is 0.988. The van der Waals surface area contributed by atoms with Crippen molar-refractivity contribution < 1.29 is 4.39 Å². The third-order valence-electron chi connectivity index (χ3n) is 4.25. The Bertz CT molecular complexity index is 431. The molecule has 3 heteroatoms. The minimum Gasteiger partial charge on any atom is -0.313 e. The zero-order chi connectivity index (χ0) is 13.3. The van der Waals surface area contributed by atoms with Crippen LogP contribution in [-0.2, 0) is 0 Å². The smallest absolute Gasteiger partial charge is 0.127 e. The van der Waals surface area contributed by atoms with E-state index >= 15 is 0 Å². The highest BCUT2D eigenvalue weighted by Crippen LogP contribution is 2.53. The summed E-state index contributed by atoms with van der Waals surface area (Å²) in [6.07, 6.45) is 2.18. The van der Waals surface area contributed by atoms with E-state index in [4.69, 9.17) is 0 Å². The maximum Gasteiger partial charge on any atom is 0.127 e. The predicted molar refractivity (Wildman–Crippen MR) is 77.3 cm³/mol. The lowest BCUT2D eigenvalue weighted by molar-refractivity contribution is 0.0672. The van der Waals surface area contributed by atoms with Crippen molar-refractivity contribution in [3.8, 4) is 0 Å². The van der Waals surface area contributed by atoms with Gasteiger partial charge in [0.1, 0.15) is 5.82 Å². The molecule has 0 heterocycles. The molecule has 0 spiro atoms. The zero-order valence-corrected chi connectivity index (χ0v) is 12.8. The first kappa shape index (κ1) is 14.0. The first-order valence-corrected chi connectivity index (χ1v) is 7.44. The lowest BCUT2D eigenvalue weighted by Crippen LogP contribution is -2.55. The number of halogens is 2. The molecule has 100 valence electrons. The molecule has 0 bridgehead atoms. The van der Waals surface area contributed by atoms with E-state index in [1.54, 1.807) is 6.07 Å². The SMILES string of the molecule is CCCNC1CC(c2ccc(Br)cc2F)C1(C)C. The number of hydrogen-bond donors (Lipinski definition) is 1. The molecule has 2 rings (SSSR count). The Labute approximate surface area is 117 Å². The van der Waals surface area contributed by atoms with E-state index < -0.39 is 0 Å². The van der Waals surface area contributed by atoms with Crippen LogP contribution >= 0.6 is 15.9 Å². The second-order valence-corrected chi connectivity index (χ2v) is 6.70. The van der Waals surface area contributed by atoms with E-state index in [1.807, 2.05) is 12.1 Å². The zero-order valence-electron chi connectivity index (χ0n) is 11.3. The molecule has 2 atom stereocenters. The highest BCUT2D eigenvalue weighted by Gasteiger charge is 2.48. The quantitative estimate of drug-likeness (QED) is 0.864. The van der Waals surface area contributed by atoms with Crippen molar-refractivity contribution in [1.82, 2.24) is 5.32 Å². The van der Waals surface area contributed by atoms with E-state index in [9.17, 15) is 4.39 Å². The monoisotopic (exact) mass is 313 g/mol. The number of hydrogen-bond acceptors (Lipinski definition) is 1. The Morgan fingerprint density at radius 2 is 2.17 bits per heavy atom. The van der Waals surface area contributed by atoms with Crippen LogP contribution in [0.5, 0.6) is 0 Å².